The standard InChI is InChI=1S/C17H28O6/c1-14(2)12-20-8-10-22-16(18)6-5-7-17(19)23-11-9-21-13-15(3)4/h1,3,5-13H2,2,4H3. The Hall–Kier alpha value is -1.66. The summed E-state index contributed by atoms with van der Waals surface area (Å²) in [5.41, 5.74) is 1.83. The van der Waals surface area contributed by atoms with Crippen LogP contribution in [0.2, 0.25) is 0 Å². The summed E-state index contributed by atoms with van der Waals surface area (Å²) < 4.78 is 20.3. The topological polar surface area (TPSA) is 71.1 Å². The molecule has 0 N–H and O–H groups in total. The predicted octanol–water partition coefficient (Wildman–Crippen LogP) is 2.43. The highest BCUT2D eigenvalue weighted by molar-refractivity contribution is 5.72. The van der Waals surface area contributed by atoms with Gasteiger partial charge in [0.2, 0.25) is 0 Å². The van der Waals surface area contributed by atoms with E-state index >= 15 is 0 Å². The van der Waals surface area contributed by atoms with E-state index in [1.165, 1.54) is 0 Å². The first-order valence-corrected chi connectivity index (χ1v) is 7.67. The molecule has 0 aromatic carbocycles. The van der Waals surface area contributed by atoms with E-state index in [9.17, 15) is 9.59 Å². The molecular formula is C17H28O6. The van der Waals surface area contributed by atoms with Crippen molar-refractivity contribution in [3.05, 3.63) is 24.3 Å². The van der Waals surface area contributed by atoms with Crippen molar-refractivity contribution < 1.29 is 28.5 Å². The average Bonchev–Trinajstić information content (AvgIpc) is 2.45. The molecule has 0 aromatic heterocycles. The van der Waals surface area contributed by atoms with Crippen LogP contribution >= 0.6 is 0 Å². The lowest BCUT2D eigenvalue weighted by atomic mass is 10.2. The molecular weight excluding hydrogens is 300 g/mol. The SMILES string of the molecule is C=C(C)COCCOC(=O)CCCC(=O)OCCOCC(=C)C. The Labute approximate surface area is 138 Å². The molecule has 0 fully saturated rings. The van der Waals surface area contributed by atoms with Crippen molar-refractivity contribution in [3.63, 3.8) is 0 Å². The fourth-order valence-corrected chi connectivity index (χ4v) is 1.44. The summed E-state index contributed by atoms with van der Waals surface area (Å²) in [7, 11) is 0. The molecule has 0 amide bonds. The van der Waals surface area contributed by atoms with Crippen molar-refractivity contribution >= 4 is 11.9 Å². The van der Waals surface area contributed by atoms with Gasteiger partial charge in [0.25, 0.3) is 0 Å². The van der Waals surface area contributed by atoms with Crippen LogP contribution < -0.4 is 0 Å². The van der Waals surface area contributed by atoms with Gasteiger partial charge in [0.15, 0.2) is 0 Å². The van der Waals surface area contributed by atoms with Gasteiger partial charge in [-0.3, -0.25) is 9.59 Å². The van der Waals surface area contributed by atoms with Crippen LogP contribution in [0, 0.1) is 0 Å². The van der Waals surface area contributed by atoms with Gasteiger partial charge in [-0.1, -0.05) is 24.3 Å². The molecule has 6 heteroatoms. The Kier molecular flexibility index (Phi) is 13.0. The van der Waals surface area contributed by atoms with Crippen LogP contribution in [0.5, 0.6) is 0 Å². The van der Waals surface area contributed by atoms with Crippen LogP contribution in [-0.4, -0.2) is 51.6 Å². The van der Waals surface area contributed by atoms with Crippen LogP contribution in [0.4, 0.5) is 0 Å². The second-order valence-electron chi connectivity index (χ2n) is 5.31. The zero-order valence-electron chi connectivity index (χ0n) is 14.2. The zero-order chi connectivity index (χ0) is 17.5. The number of esters is 2. The molecule has 0 aromatic rings. The highest BCUT2D eigenvalue weighted by atomic mass is 16.6. The van der Waals surface area contributed by atoms with Gasteiger partial charge >= 0.3 is 11.9 Å². The summed E-state index contributed by atoms with van der Waals surface area (Å²) in [6.45, 7) is 13.1. The minimum atomic E-state index is -0.346. The molecule has 0 spiro atoms. The molecule has 0 saturated carbocycles. The molecule has 0 heterocycles. The summed E-state index contributed by atoms with van der Waals surface area (Å²) in [5.74, 6) is -0.692. The summed E-state index contributed by atoms with van der Waals surface area (Å²) in [5, 5.41) is 0. The minimum absolute atomic E-state index is 0.182. The van der Waals surface area contributed by atoms with E-state index in [1.807, 2.05) is 13.8 Å². The van der Waals surface area contributed by atoms with E-state index in [0.717, 1.165) is 11.1 Å². The smallest absolute Gasteiger partial charge is 0.305 e. The van der Waals surface area contributed by atoms with E-state index in [1.54, 1.807) is 0 Å². The maximum Gasteiger partial charge on any atom is 0.305 e. The van der Waals surface area contributed by atoms with Crippen molar-refractivity contribution in [3.8, 4) is 0 Å². The lowest BCUT2D eigenvalue weighted by molar-refractivity contribution is -0.147. The lowest BCUT2D eigenvalue weighted by Crippen LogP contribution is -2.13. The molecule has 6 nitrogen and oxygen atoms in total. The minimum Gasteiger partial charge on any atom is -0.463 e. The average molecular weight is 328 g/mol. The van der Waals surface area contributed by atoms with E-state index < -0.39 is 0 Å². The fourth-order valence-electron chi connectivity index (χ4n) is 1.44. The zero-order valence-corrected chi connectivity index (χ0v) is 14.2. The second kappa shape index (κ2) is 14.0. The highest BCUT2D eigenvalue weighted by Crippen LogP contribution is 2.00. The maximum absolute atomic E-state index is 11.4. The maximum atomic E-state index is 11.4. The van der Waals surface area contributed by atoms with Gasteiger partial charge < -0.3 is 18.9 Å². The molecule has 0 saturated heterocycles. The third-order valence-electron chi connectivity index (χ3n) is 2.44. The largest absolute Gasteiger partial charge is 0.463 e. The van der Waals surface area contributed by atoms with Gasteiger partial charge in [0, 0.05) is 12.8 Å². The van der Waals surface area contributed by atoms with E-state index in [-0.39, 0.29) is 38.0 Å². The van der Waals surface area contributed by atoms with Crippen molar-refractivity contribution in [1.82, 2.24) is 0 Å². The van der Waals surface area contributed by atoms with E-state index in [2.05, 4.69) is 13.2 Å². The molecule has 0 atom stereocenters. The Morgan fingerprint density at radius 1 is 0.739 bits per heavy atom. The van der Waals surface area contributed by atoms with Crippen molar-refractivity contribution in [1.29, 1.82) is 0 Å². The second-order valence-corrected chi connectivity index (χ2v) is 5.31. The number of hydrogen-bond donors (Lipinski definition) is 0. The summed E-state index contributed by atoms with van der Waals surface area (Å²) >= 11 is 0. The molecule has 23 heavy (non-hydrogen) atoms. The van der Waals surface area contributed by atoms with Crippen LogP contribution in [0.15, 0.2) is 24.3 Å². The number of carbonyl (C=O) groups excluding carboxylic acids is 2. The summed E-state index contributed by atoms with van der Waals surface area (Å²) in [6.07, 6.45) is 0.764. The van der Waals surface area contributed by atoms with Gasteiger partial charge in [-0.25, -0.2) is 0 Å². The Morgan fingerprint density at radius 3 is 1.48 bits per heavy atom. The summed E-state index contributed by atoms with van der Waals surface area (Å²) in [6, 6.07) is 0. The molecule has 0 aliphatic heterocycles. The predicted molar refractivity (Wildman–Crippen MR) is 87.0 cm³/mol. The lowest BCUT2D eigenvalue weighted by Gasteiger charge is -2.07. The monoisotopic (exact) mass is 328 g/mol. The van der Waals surface area contributed by atoms with Crippen LogP contribution in [-0.2, 0) is 28.5 Å². The molecule has 0 unspecified atom stereocenters. The molecule has 132 valence electrons. The first-order chi connectivity index (χ1) is 10.9. The normalized spacial score (nSPS) is 10.2. The van der Waals surface area contributed by atoms with Crippen molar-refractivity contribution in [2.24, 2.45) is 0 Å². The molecule has 0 bridgehead atoms. The van der Waals surface area contributed by atoms with Gasteiger partial charge in [-0.15, -0.1) is 0 Å². The molecule has 0 aliphatic carbocycles. The van der Waals surface area contributed by atoms with E-state index in [4.69, 9.17) is 18.9 Å². The van der Waals surface area contributed by atoms with Crippen molar-refractivity contribution in [2.75, 3.05) is 39.6 Å². The highest BCUT2D eigenvalue weighted by Gasteiger charge is 2.07. The third kappa shape index (κ3) is 16.5. The Bertz CT molecular complexity index is 353. The summed E-state index contributed by atoms with van der Waals surface area (Å²) in [4.78, 5) is 22.8. The van der Waals surface area contributed by atoms with Gasteiger partial charge in [0.05, 0.1) is 26.4 Å². The number of ether oxygens (including phenoxy) is 4. The van der Waals surface area contributed by atoms with Gasteiger partial charge in [-0.2, -0.15) is 0 Å². The number of carbonyl (C=O) groups is 2. The van der Waals surface area contributed by atoms with E-state index in [0.29, 0.717) is 32.8 Å². The quantitative estimate of drug-likeness (QED) is 0.277. The van der Waals surface area contributed by atoms with Crippen LogP contribution in [0.25, 0.3) is 0 Å². The Morgan fingerprint density at radius 2 is 1.13 bits per heavy atom. The molecule has 0 rings (SSSR count). The Balaban J connectivity index is 3.43. The fraction of sp³-hybridized carbons (Fsp3) is 0.647. The van der Waals surface area contributed by atoms with Crippen LogP contribution in [0.3, 0.4) is 0 Å². The van der Waals surface area contributed by atoms with Crippen LogP contribution in [0.1, 0.15) is 33.1 Å². The first-order valence-electron chi connectivity index (χ1n) is 7.67. The van der Waals surface area contributed by atoms with Gasteiger partial charge in [-0.05, 0) is 20.3 Å². The molecule has 0 radical (unpaired) electrons. The first kappa shape index (κ1) is 21.3. The van der Waals surface area contributed by atoms with Gasteiger partial charge in [0.1, 0.15) is 13.2 Å². The number of rotatable bonds is 14. The molecule has 0 aliphatic rings. The third-order valence-corrected chi connectivity index (χ3v) is 2.44. The van der Waals surface area contributed by atoms with Crippen molar-refractivity contribution in [2.45, 2.75) is 33.1 Å². The number of hydrogen-bond acceptors (Lipinski definition) is 6.